The van der Waals surface area contributed by atoms with Gasteiger partial charge in [-0.25, -0.2) is 9.79 Å². The smallest absolute Gasteiger partial charge is 0.338 e. The van der Waals surface area contributed by atoms with Crippen LogP contribution in [0.5, 0.6) is 11.5 Å². The number of carbonyl (C=O) groups excluding carboxylic acids is 1. The molecular weight excluding hydrogens is 540 g/mol. The van der Waals surface area contributed by atoms with Crippen molar-refractivity contribution in [2.24, 2.45) is 4.99 Å². The average Bonchev–Trinajstić information content (AvgIpc) is 3.29. The predicted molar refractivity (Wildman–Crippen MR) is 159 cm³/mol. The minimum atomic E-state index is -0.774. The number of para-hydroxylation sites is 1. The summed E-state index contributed by atoms with van der Waals surface area (Å²) in [5, 5.41) is 1.92. The molecule has 0 fully saturated rings. The van der Waals surface area contributed by atoms with Gasteiger partial charge in [0.05, 0.1) is 36.1 Å². The lowest BCUT2D eigenvalue weighted by molar-refractivity contribution is -0.140. The van der Waals surface area contributed by atoms with Crippen molar-refractivity contribution in [3.63, 3.8) is 0 Å². The molecular formula is C32H32N2O6S. The first-order valence-corrected chi connectivity index (χ1v) is 14.3. The lowest BCUT2D eigenvalue weighted by Crippen LogP contribution is -2.40. The third-order valence-electron chi connectivity index (χ3n) is 6.86. The lowest BCUT2D eigenvalue weighted by atomic mass is 9.95. The summed E-state index contributed by atoms with van der Waals surface area (Å²) in [6.07, 6.45) is 2.69. The summed E-state index contributed by atoms with van der Waals surface area (Å²) in [7, 11) is 3.18. The van der Waals surface area contributed by atoms with Crippen LogP contribution < -0.4 is 24.4 Å². The maximum Gasteiger partial charge on any atom is 0.338 e. The Labute approximate surface area is 241 Å². The molecule has 41 heavy (non-hydrogen) atoms. The molecule has 0 aliphatic carbocycles. The average molecular weight is 573 g/mol. The monoisotopic (exact) mass is 572 g/mol. The van der Waals surface area contributed by atoms with Crippen molar-refractivity contribution in [3.05, 3.63) is 103 Å². The third kappa shape index (κ3) is 5.55. The molecule has 1 aliphatic rings. The van der Waals surface area contributed by atoms with E-state index in [0.29, 0.717) is 38.5 Å². The van der Waals surface area contributed by atoms with Gasteiger partial charge in [0.1, 0.15) is 24.1 Å². The molecule has 0 unspecified atom stereocenters. The molecule has 1 aromatic heterocycles. The van der Waals surface area contributed by atoms with Crippen LogP contribution in [-0.2, 0) is 14.3 Å². The van der Waals surface area contributed by atoms with E-state index in [1.807, 2.05) is 73.7 Å². The number of nitrogens with zero attached hydrogens (tertiary/aromatic N) is 2. The number of ether oxygens (including phenoxy) is 4. The largest absolute Gasteiger partial charge is 0.496 e. The van der Waals surface area contributed by atoms with E-state index < -0.39 is 12.0 Å². The Kier molecular flexibility index (Phi) is 8.66. The molecule has 0 amide bonds. The van der Waals surface area contributed by atoms with Gasteiger partial charge in [0.15, 0.2) is 4.80 Å². The molecule has 5 rings (SSSR count). The number of benzene rings is 3. The molecule has 8 nitrogen and oxygen atoms in total. The van der Waals surface area contributed by atoms with Crippen molar-refractivity contribution in [3.8, 4) is 11.5 Å². The Hall–Kier alpha value is -4.21. The second-order valence-electron chi connectivity index (χ2n) is 9.50. The van der Waals surface area contributed by atoms with E-state index in [1.54, 1.807) is 25.7 Å². The van der Waals surface area contributed by atoms with E-state index in [-0.39, 0.29) is 18.8 Å². The van der Waals surface area contributed by atoms with Gasteiger partial charge in [0.2, 0.25) is 0 Å². The van der Waals surface area contributed by atoms with Crippen molar-refractivity contribution in [1.82, 2.24) is 4.57 Å². The zero-order valence-electron chi connectivity index (χ0n) is 23.5. The zero-order chi connectivity index (χ0) is 28.9. The molecule has 0 N–H and O–H groups in total. The van der Waals surface area contributed by atoms with Crippen molar-refractivity contribution < 1.29 is 23.7 Å². The number of rotatable bonds is 10. The molecule has 0 spiro atoms. The second kappa shape index (κ2) is 12.5. The van der Waals surface area contributed by atoms with Crippen LogP contribution in [0.4, 0.5) is 0 Å². The molecule has 0 bridgehead atoms. The van der Waals surface area contributed by atoms with Crippen molar-refractivity contribution >= 4 is 34.2 Å². The third-order valence-corrected chi connectivity index (χ3v) is 7.84. The van der Waals surface area contributed by atoms with Crippen LogP contribution in [-0.4, -0.2) is 44.6 Å². The van der Waals surface area contributed by atoms with Crippen LogP contribution in [0, 0.1) is 0 Å². The number of allylic oxidation sites excluding steroid dienone is 1. The van der Waals surface area contributed by atoms with Gasteiger partial charge in [0.25, 0.3) is 5.56 Å². The van der Waals surface area contributed by atoms with Gasteiger partial charge in [0, 0.05) is 18.1 Å². The van der Waals surface area contributed by atoms with Gasteiger partial charge in [-0.05, 0) is 42.5 Å². The van der Waals surface area contributed by atoms with Crippen LogP contribution >= 0.6 is 11.3 Å². The van der Waals surface area contributed by atoms with E-state index in [1.165, 1.54) is 11.3 Å². The summed E-state index contributed by atoms with van der Waals surface area (Å²) in [6, 6.07) is 18.4. The quantitative estimate of drug-likeness (QED) is 0.207. The molecule has 1 atom stereocenters. The fourth-order valence-electron chi connectivity index (χ4n) is 4.96. The van der Waals surface area contributed by atoms with E-state index in [9.17, 15) is 9.59 Å². The van der Waals surface area contributed by atoms with Crippen LogP contribution in [0.2, 0.25) is 0 Å². The first kappa shape index (κ1) is 28.3. The molecule has 0 radical (unpaired) electrons. The highest BCUT2D eigenvalue weighted by atomic mass is 32.1. The van der Waals surface area contributed by atoms with E-state index in [4.69, 9.17) is 23.9 Å². The maximum absolute atomic E-state index is 14.1. The number of aromatic nitrogens is 1. The van der Waals surface area contributed by atoms with Gasteiger partial charge >= 0.3 is 5.97 Å². The van der Waals surface area contributed by atoms with E-state index >= 15 is 0 Å². The second-order valence-corrected chi connectivity index (χ2v) is 10.5. The van der Waals surface area contributed by atoms with Crippen molar-refractivity contribution in [2.75, 3.05) is 34.0 Å². The Morgan fingerprint density at radius 1 is 0.976 bits per heavy atom. The Morgan fingerprint density at radius 3 is 2.49 bits per heavy atom. The summed E-state index contributed by atoms with van der Waals surface area (Å²) < 4.78 is 24.3. The number of carbonyl (C=O) groups is 1. The standard InChI is InChI=1S/C32H32N2O6S/c1-5-16-39-26-13-9-8-12-24(26)29-28(31(36)40-18-17-37-3)20(2)33-32-34(29)30(35)27(41-32)19-21-14-15-25(38-4)23-11-7-6-10-22(21)23/h6-15,19,29H,5,16-18H2,1-4H3/b27-19+/t29-/m0/s1. The Bertz CT molecular complexity index is 1800. The summed E-state index contributed by atoms with van der Waals surface area (Å²) in [4.78, 5) is 32.8. The summed E-state index contributed by atoms with van der Waals surface area (Å²) in [6.45, 7) is 4.64. The fourth-order valence-corrected chi connectivity index (χ4v) is 6.00. The predicted octanol–water partition coefficient (Wildman–Crippen LogP) is 4.38. The minimum absolute atomic E-state index is 0.0851. The molecule has 9 heteroatoms. The molecule has 212 valence electrons. The number of thiazole rings is 1. The highest BCUT2D eigenvalue weighted by Gasteiger charge is 2.35. The number of fused-ring (bicyclic) bond motifs is 2. The number of methoxy groups -OCH3 is 2. The van der Waals surface area contributed by atoms with E-state index in [0.717, 1.165) is 28.5 Å². The molecule has 4 aromatic rings. The topological polar surface area (TPSA) is 88.4 Å². The first-order chi connectivity index (χ1) is 20.0. The Morgan fingerprint density at radius 2 is 1.73 bits per heavy atom. The summed E-state index contributed by atoms with van der Waals surface area (Å²) in [5.74, 6) is 0.816. The molecule has 1 aliphatic heterocycles. The van der Waals surface area contributed by atoms with Gasteiger partial charge in [-0.3, -0.25) is 9.36 Å². The zero-order valence-corrected chi connectivity index (χ0v) is 24.3. The van der Waals surface area contributed by atoms with Gasteiger partial charge < -0.3 is 18.9 Å². The van der Waals surface area contributed by atoms with Crippen molar-refractivity contribution in [1.29, 1.82) is 0 Å². The molecule has 3 aromatic carbocycles. The highest BCUT2D eigenvalue weighted by Crippen LogP contribution is 2.36. The van der Waals surface area contributed by atoms with Crippen LogP contribution in [0.15, 0.2) is 81.7 Å². The number of esters is 1. The summed E-state index contributed by atoms with van der Waals surface area (Å²) >= 11 is 1.29. The normalized spacial score (nSPS) is 15.0. The fraction of sp³-hybridized carbons (Fsp3) is 0.281. The van der Waals surface area contributed by atoms with E-state index in [2.05, 4.69) is 0 Å². The van der Waals surface area contributed by atoms with Crippen LogP contribution in [0.25, 0.3) is 16.8 Å². The molecule has 0 saturated carbocycles. The van der Waals surface area contributed by atoms with Gasteiger partial charge in [-0.1, -0.05) is 66.8 Å². The SMILES string of the molecule is CCCOc1ccccc1[C@H]1C(C(=O)OCCOC)=C(C)N=c2s/c(=C/c3ccc(OC)c4ccccc34)c(=O)n21. The number of hydrogen-bond acceptors (Lipinski definition) is 8. The molecule has 2 heterocycles. The first-order valence-electron chi connectivity index (χ1n) is 13.4. The van der Waals surface area contributed by atoms with Gasteiger partial charge in [-0.2, -0.15) is 0 Å². The minimum Gasteiger partial charge on any atom is -0.496 e. The Balaban J connectivity index is 1.71. The van der Waals surface area contributed by atoms with Crippen molar-refractivity contribution in [2.45, 2.75) is 26.3 Å². The maximum atomic E-state index is 14.1. The number of hydrogen-bond donors (Lipinski definition) is 0. The lowest BCUT2D eigenvalue weighted by Gasteiger charge is -2.26. The summed E-state index contributed by atoms with van der Waals surface area (Å²) in [5.41, 5.74) is 2.10. The van der Waals surface area contributed by atoms with Gasteiger partial charge in [-0.15, -0.1) is 0 Å². The highest BCUT2D eigenvalue weighted by molar-refractivity contribution is 7.07. The molecule has 0 saturated heterocycles. The van der Waals surface area contributed by atoms with Crippen LogP contribution in [0.1, 0.15) is 37.4 Å². The van der Waals surface area contributed by atoms with Crippen LogP contribution in [0.3, 0.4) is 0 Å².